The molecule has 1 amide bonds. The average molecular weight is 301 g/mol. The molecule has 0 spiro atoms. The Kier molecular flexibility index (Phi) is 6.00. The molecular weight excluding hydrogens is 284 g/mol. The fourth-order valence-electron chi connectivity index (χ4n) is 1.34. The van der Waals surface area contributed by atoms with E-state index in [1.54, 1.807) is 12.1 Å². The first-order chi connectivity index (χ1) is 8.13. The molecule has 0 aliphatic carbocycles. The van der Waals surface area contributed by atoms with Crippen molar-refractivity contribution < 1.29 is 9.53 Å². The van der Waals surface area contributed by atoms with Crippen LogP contribution in [0.25, 0.3) is 0 Å². The van der Waals surface area contributed by atoms with Gasteiger partial charge >= 0.3 is 0 Å². The van der Waals surface area contributed by atoms with Crippen molar-refractivity contribution in [1.82, 2.24) is 0 Å². The number of carbonyl (C=O) groups is 1. The molecule has 1 rings (SSSR count). The molecule has 0 heterocycles. The normalized spacial score (nSPS) is 10.2. The van der Waals surface area contributed by atoms with Gasteiger partial charge in [0.2, 0.25) is 5.91 Å². The number of nitrogens with two attached hydrogens (primary N) is 1. The number of rotatable bonds is 6. The van der Waals surface area contributed by atoms with Crippen LogP contribution in [0.15, 0.2) is 22.7 Å². The second-order valence-corrected chi connectivity index (χ2v) is 4.50. The summed E-state index contributed by atoms with van der Waals surface area (Å²) in [4.78, 5) is 11.6. The number of carbonyl (C=O) groups excluding carboxylic acids is 1. The van der Waals surface area contributed by atoms with E-state index >= 15 is 0 Å². The SMILES string of the molecule is CCOCCCC(=O)Nc1ccc(Br)cc1N. The van der Waals surface area contributed by atoms with Gasteiger partial charge in [-0.15, -0.1) is 0 Å². The zero-order chi connectivity index (χ0) is 12.7. The minimum absolute atomic E-state index is 0.0428. The molecule has 0 saturated carbocycles. The van der Waals surface area contributed by atoms with Crippen molar-refractivity contribution in [1.29, 1.82) is 0 Å². The summed E-state index contributed by atoms with van der Waals surface area (Å²) >= 11 is 3.31. The van der Waals surface area contributed by atoms with Crippen LogP contribution in [-0.4, -0.2) is 19.1 Å². The van der Waals surface area contributed by atoms with Gasteiger partial charge in [0.15, 0.2) is 0 Å². The summed E-state index contributed by atoms with van der Waals surface area (Å²) in [5.41, 5.74) is 6.98. The summed E-state index contributed by atoms with van der Waals surface area (Å²) in [5.74, 6) is -0.0428. The van der Waals surface area contributed by atoms with Crippen LogP contribution < -0.4 is 11.1 Å². The van der Waals surface area contributed by atoms with E-state index in [1.807, 2.05) is 13.0 Å². The van der Waals surface area contributed by atoms with Gasteiger partial charge in [0, 0.05) is 24.1 Å². The molecule has 0 fully saturated rings. The molecule has 0 atom stereocenters. The number of nitrogen functional groups attached to an aromatic ring is 1. The lowest BCUT2D eigenvalue weighted by Gasteiger charge is -2.08. The standard InChI is InChI=1S/C12H17BrN2O2/c1-2-17-7-3-4-12(16)15-11-6-5-9(13)8-10(11)14/h5-6,8H,2-4,7,14H2,1H3,(H,15,16). The molecule has 94 valence electrons. The molecule has 0 aliphatic rings. The van der Waals surface area contributed by atoms with E-state index in [0.717, 1.165) is 10.9 Å². The molecule has 0 aromatic heterocycles. The van der Waals surface area contributed by atoms with E-state index in [9.17, 15) is 4.79 Å². The Bertz CT molecular complexity index is 383. The number of amides is 1. The lowest BCUT2D eigenvalue weighted by Crippen LogP contribution is -2.13. The van der Waals surface area contributed by atoms with E-state index < -0.39 is 0 Å². The lowest BCUT2D eigenvalue weighted by atomic mass is 10.2. The van der Waals surface area contributed by atoms with Gasteiger partial charge in [0.25, 0.3) is 0 Å². The largest absolute Gasteiger partial charge is 0.397 e. The second kappa shape index (κ2) is 7.29. The molecule has 3 N–H and O–H groups in total. The second-order valence-electron chi connectivity index (χ2n) is 3.58. The molecule has 0 bridgehead atoms. The van der Waals surface area contributed by atoms with Crippen molar-refractivity contribution in [2.45, 2.75) is 19.8 Å². The summed E-state index contributed by atoms with van der Waals surface area (Å²) < 4.78 is 6.06. The van der Waals surface area contributed by atoms with Gasteiger partial charge in [0.05, 0.1) is 11.4 Å². The fourth-order valence-corrected chi connectivity index (χ4v) is 1.72. The highest BCUT2D eigenvalue weighted by molar-refractivity contribution is 9.10. The third-order valence-electron chi connectivity index (χ3n) is 2.18. The molecule has 4 nitrogen and oxygen atoms in total. The maximum absolute atomic E-state index is 11.6. The first-order valence-corrected chi connectivity index (χ1v) is 6.35. The molecule has 1 aromatic rings. The summed E-state index contributed by atoms with van der Waals surface area (Å²) in [6, 6.07) is 5.38. The molecule has 5 heteroatoms. The van der Waals surface area contributed by atoms with E-state index in [2.05, 4.69) is 21.2 Å². The predicted octanol–water partition coefficient (Wildman–Crippen LogP) is 2.79. The summed E-state index contributed by atoms with van der Waals surface area (Å²) in [6.07, 6.45) is 1.16. The van der Waals surface area contributed by atoms with Crippen LogP contribution in [0.1, 0.15) is 19.8 Å². The Labute approximate surface area is 110 Å². The van der Waals surface area contributed by atoms with Crippen LogP contribution in [0.4, 0.5) is 11.4 Å². The van der Waals surface area contributed by atoms with Crippen LogP contribution in [0.3, 0.4) is 0 Å². The molecule has 17 heavy (non-hydrogen) atoms. The van der Waals surface area contributed by atoms with Gasteiger partial charge in [-0.2, -0.15) is 0 Å². The van der Waals surface area contributed by atoms with Gasteiger partial charge in [-0.3, -0.25) is 4.79 Å². The smallest absolute Gasteiger partial charge is 0.224 e. The van der Waals surface area contributed by atoms with Gasteiger partial charge in [0.1, 0.15) is 0 Å². The van der Waals surface area contributed by atoms with Crippen molar-refractivity contribution in [2.24, 2.45) is 0 Å². The van der Waals surface area contributed by atoms with E-state index in [0.29, 0.717) is 31.0 Å². The maximum atomic E-state index is 11.6. The minimum Gasteiger partial charge on any atom is -0.397 e. The molecule has 1 aromatic carbocycles. The van der Waals surface area contributed by atoms with E-state index in [1.165, 1.54) is 0 Å². The molecule has 0 saturated heterocycles. The Hall–Kier alpha value is -1.07. The van der Waals surface area contributed by atoms with Gasteiger partial charge < -0.3 is 15.8 Å². The number of ether oxygens (including phenoxy) is 1. The van der Waals surface area contributed by atoms with Crippen LogP contribution in [-0.2, 0) is 9.53 Å². The first-order valence-electron chi connectivity index (χ1n) is 5.56. The quantitative estimate of drug-likeness (QED) is 0.627. The first kappa shape index (κ1) is 14.0. The highest BCUT2D eigenvalue weighted by Crippen LogP contribution is 2.23. The van der Waals surface area contributed by atoms with Crippen LogP contribution in [0, 0.1) is 0 Å². The average Bonchev–Trinajstić information content (AvgIpc) is 2.28. The molecular formula is C12H17BrN2O2. The van der Waals surface area contributed by atoms with Crippen molar-refractivity contribution in [3.63, 3.8) is 0 Å². The molecule has 0 unspecified atom stereocenters. The Morgan fingerprint density at radius 3 is 2.94 bits per heavy atom. The van der Waals surface area contributed by atoms with Crippen molar-refractivity contribution in [2.75, 3.05) is 24.3 Å². The van der Waals surface area contributed by atoms with Crippen molar-refractivity contribution in [3.8, 4) is 0 Å². The van der Waals surface area contributed by atoms with Crippen molar-refractivity contribution in [3.05, 3.63) is 22.7 Å². The summed E-state index contributed by atoms with van der Waals surface area (Å²) in [7, 11) is 0. The van der Waals surface area contributed by atoms with Gasteiger partial charge in [-0.1, -0.05) is 15.9 Å². The molecule has 0 radical (unpaired) electrons. The Morgan fingerprint density at radius 2 is 2.29 bits per heavy atom. The topological polar surface area (TPSA) is 64.3 Å². The number of benzene rings is 1. The van der Waals surface area contributed by atoms with E-state index in [-0.39, 0.29) is 5.91 Å². The molecule has 0 aliphatic heterocycles. The monoisotopic (exact) mass is 300 g/mol. The highest BCUT2D eigenvalue weighted by Gasteiger charge is 2.05. The zero-order valence-electron chi connectivity index (χ0n) is 9.83. The Morgan fingerprint density at radius 1 is 1.53 bits per heavy atom. The van der Waals surface area contributed by atoms with Gasteiger partial charge in [-0.25, -0.2) is 0 Å². The highest BCUT2D eigenvalue weighted by atomic mass is 79.9. The number of halogens is 1. The van der Waals surface area contributed by atoms with Gasteiger partial charge in [-0.05, 0) is 31.5 Å². The fraction of sp³-hybridized carbons (Fsp3) is 0.417. The summed E-state index contributed by atoms with van der Waals surface area (Å²) in [6.45, 7) is 3.23. The zero-order valence-corrected chi connectivity index (χ0v) is 11.4. The maximum Gasteiger partial charge on any atom is 0.224 e. The third kappa shape index (κ3) is 5.19. The Balaban J connectivity index is 2.40. The van der Waals surface area contributed by atoms with Crippen LogP contribution in [0.5, 0.6) is 0 Å². The van der Waals surface area contributed by atoms with Crippen LogP contribution in [0.2, 0.25) is 0 Å². The predicted molar refractivity (Wildman–Crippen MR) is 72.9 cm³/mol. The van der Waals surface area contributed by atoms with E-state index in [4.69, 9.17) is 10.5 Å². The van der Waals surface area contributed by atoms with Crippen LogP contribution >= 0.6 is 15.9 Å². The minimum atomic E-state index is -0.0428. The number of hydrogen-bond donors (Lipinski definition) is 2. The number of anilines is 2. The number of nitrogens with one attached hydrogen (secondary N) is 1. The third-order valence-corrected chi connectivity index (χ3v) is 2.68. The lowest BCUT2D eigenvalue weighted by molar-refractivity contribution is -0.116. The number of hydrogen-bond acceptors (Lipinski definition) is 3. The summed E-state index contributed by atoms with van der Waals surface area (Å²) in [5, 5.41) is 2.77. The van der Waals surface area contributed by atoms with Crippen molar-refractivity contribution >= 4 is 33.2 Å².